The number of aliphatic carboxylic acids is 1. The normalized spacial score (nSPS) is 18.8. The zero-order valence-electron chi connectivity index (χ0n) is 32.3. The third-order valence-electron chi connectivity index (χ3n) is 10.1. The Balaban J connectivity index is 1.20. The van der Waals surface area contributed by atoms with Crippen LogP contribution in [-0.4, -0.2) is 64.5 Å². The number of methoxy groups -OCH3 is 1. The average molecular weight is 781 g/mol. The molecule has 0 saturated heterocycles. The highest BCUT2D eigenvalue weighted by Gasteiger charge is 2.41. The van der Waals surface area contributed by atoms with E-state index in [2.05, 4.69) is 22.5 Å². The first-order chi connectivity index (χ1) is 26.8. The van der Waals surface area contributed by atoms with Gasteiger partial charge in [-0.25, -0.2) is 17.9 Å². The van der Waals surface area contributed by atoms with Crippen molar-refractivity contribution in [2.75, 3.05) is 13.7 Å². The van der Waals surface area contributed by atoms with Gasteiger partial charge in [0.2, 0.25) is 10.0 Å². The van der Waals surface area contributed by atoms with Crippen LogP contribution in [0, 0.1) is 12.3 Å². The van der Waals surface area contributed by atoms with Crippen LogP contribution in [0.2, 0.25) is 0 Å². The minimum absolute atomic E-state index is 0.0456. The van der Waals surface area contributed by atoms with E-state index in [1.165, 1.54) is 11.4 Å². The van der Waals surface area contributed by atoms with E-state index in [1.807, 2.05) is 56.3 Å². The number of aryl methyl sites for hydroxylation is 1. The summed E-state index contributed by atoms with van der Waals surface area (Å²) in [5, 5.41) is 18.1. The van der Waals surface area contributed by atoms with Gasteiger partial charge in [0.15, 0.2) is 0 Å². The Morgan fingerprint density at radius 1 is 1.07 bits per heavy atom. The zero-order valence-corrected chi connectivity index (χ0v) is 33.2. The molecule has 3 aromatic carbocycles. The van der Waals surface area contributed by atoms with Gasteiger partial charge in [-0.15, -0.1) is 5.10 Å². The van der Waals surface area contributed by atoms with Gasteiger partial charge in [-0.1, -0.05) is 78.0 Å². The molecule has 13 heteroatoms. The number of aromatic nitrogens is 3. The number of carboxylic acid groups (broad SMARTS) is 1. The Hall–Kier alpha value is -5.37. The summed E-state index contributed by atoms with van der Waals surface area (Å²) in [5.74, 6) is -1.02. The number of carbonyl (C=O) groups excluding carboxylic acids is 1. The Morgan fingerprint density at radius 3 is 2.66 bits per heavy atom. The van der Waals surface area contributed by atoms with E-state index in [4.69, 9.17) is 14.2 Å². The number of rotatable bonds is 12. The monoisotopic (exact) mass is 780 g/mol. The molecule has 0 bridgehead atoms. The van der Waals surface area contributed by atoms with E-state index < -0.39 is 33.5 Å². The van der Waals surface area contributed by atoms with Gasteiger partial charge in [-0.2, -0.15) is 4.31 Å². The highest BCUT2D eigenvalue weighted by atomic mass is 32.2. The number of hydrogen-bond donors (Lipinski definition) is 1. The molecular weight excluding hydrogens is 733 g/mol. The van der Waals surface area contributed by atoms with E-state index in [0.717, 1.165) is 40.7 Å². The summed E-state index contributed by atoms with van der Waals surface area (Å²) in [6.07, 6.45) is 10.2. The summed E-state index contributed by atoms with van der Waals surface area (Å²) >= 11 is 0. The maximum absolute atomic E-state index is 13.8. The number of ether oxygens (including phenoxy) is 3. The van der Waals surface area contributed by atoms with Crippen molar-refractivity contribution in [2.24, 2.45) is 5.41 Å². The lowest BCUT2D eigenvalue weighted by Gasteiger charge is -2.32. The number of para-hydroxylation sites is 1. The van der Waals surface area contributed by atoms with E-state index in [-0.39, 0.29) is 30.7 Å². The molecule has 12 nitrogen and oxygen atoms in total. The predicted molar refractivity (Wildman–Crippen MR) is 211 cm³/mol. The molecule has 1 aromatic heterocycles. The molecule has 56 heavy (non-hydrogen) atoms. The van der Waals surface area contributed by atoms with Gasteiger partial charge in [0.1, 0.15) is 22.4 Å². The van der Waals surface area contributed by atoms with Crippen molar-refractivity contribution < 1.29 is 37.3 Å². The van der Waals surface area contributed by atoms with Crippen LogP contribution < -0.4 is 4.74 Å². The van der Waals surface area contributed by atoms with Gasteiger partial charge in [-0.3, -0.25) is 4.79 Å². The number of benzene rings is 3. The number of sulfonamides is 1. The molecule has 4 aromatic rings. The zero-order chi connectivity index (χ0) is 40.0. The molecule has 0 amide bonds. The van der Waals surface area contributed by atoms with Crippen molar-refractivity contribution in [3.05, 3.63) is 136 Å². The van der Waals surface area contributed by atoms with Crippen molar-refractivity contribution >= 4 is 27.5 Å². The van der Waals surface area contributed by atoms with Crippen LogP contribution in [0.25, 0.3) is 5.57 Å². The van der Waals surface area contributed by atoms with Gasteiger partial charge < -0.3 is 19.3 Å². The first kappa shape index (κ1) is 40.3. The summed E-state index contributed by atoms with van der Waals surface area (Å²) in [7, 11) is -2.53. The highest BCUT2D eigenvalue weighted by Crippen LogP contribution is 2.40. The van der Waals surface area contributed by atoms with Crippen LogP contribution in [-0.2, 0) is 48.8 Å². The summed E-state index contributed by atoms with van der Waals surface area (Å²) in [6, 6.07) is 20.5. The fraction of sp³-hybridized carbons (Fsp3) is 0.349. The lowest BCUT2D eigenvalue weighted by molar-refractivity contribution is -0.162. The maximum Gasteiger partial charge on any atom is 0.331 e. The van der Waals surface area contributed by atoms with E-state index in [0.29, 0.717) is 35.5 Å². The second kappa shape index (κ2) is 17.2. The standard InChI is InChI=1S/C43H48N4O8S/c1-29-20-21-35(23-36(29)26-47-24-30(2)55-38-18-8-9-19-39(38)56(47,51)52)40(43(3,4)42(50)53-5)54-28-37-27-46(45-44-37)25-31-12-10-17-34(22-31)32-13-6-7-14-33(41(48)49)16-11-15-32/h8-13,15-23,27,30,40H,6-7,14,24-26,28H2,1-5H3,(H,48,49)/b15-11?,32-13?,33-16-/t30-,40?/m1/s1. The number of carbonyl (C=O) groups is 2. The van der Waals surface area contributed by atoms with Gasteiger partial charge in [0.25, 0.3) is 0 Å². The number of carboxylic acids is 1. The first-order valence-corrected chi connectivity index (χ1v) is 20.0. The van der Waals surface area contributed by atoms with Gasteiger partial charge in [-0.05, 0) is 98.5 Å². The molecule has 1 N–H and O–H groups in total. The van der Waals surface area contributed by atoms with Gasteiger partial charge >= 0.3 is 11.9 Å². The predicted octanol–water partition coefficient (Wildman–Crippen LogP) is 7.20. The SMILES string of the molecule is COC(=O)C(C)(C)C(OCc1cn(Cc2cccc(C3=CCCC/C(C(=O)O)=C/C=C3)c2)nn1)c1ccc(C)c(CN2C[C@@H](C)Oc3ccccc3S2(=O)=O)c1. The third-order valence-corrected chi connectivity index (χ3v) is 11.9. The third kappa shape index (κ3) is 9.18. The Bertz CT molecular complexity index is 2290. The molecule has 2 heterocycles. The molecular formula is C43H48N4O8S. The first-order valence-electron chi connectivity index (χ1n) is 18.6. The Kier molecular flexibility index (Phi) is 12.4. The molecule has 0 spiro atoms. The molecule has 6 rings (SSSR count). The van der Waals surface area contributed by atoms with Crippen LogP contribution in [0.15, 0.2) is 108 Å². The van der Waals surface area contributed by atoms with Crippen LogP contribution in [0.3, 0.4) is 0 Å². The molecule has 1 aliphatic carbocycles. The maximum atomic E-state index is 13.8. The molecule has 1 unspecified atom stereocenters. The van der Waals surface area contributed by atoms with E-state index in [9.17, 15) is 23.1 Å². The number of allylic oxidation sites excluding steroid dienone is 5. The van der Waals surface area contributed by atoms with Crippen LogP contribution in [0.1, 0.15) is 79.6 Å². The topological polar surface area (TPSA) is 150 Å². The molecule has 2 atom stereocenters. The molecule has 0 fully saturated rings. The highest BCUT2D eigenvalue weighted by molar-refractivity contribution is 7.89. The van der Waals surface area contributed by atoms with Gasteiger partial charge in [0, 0.05) is 12.1 Å². The summed E-state index contributed by atoms with van der Waals surface area (Å²) in [5.41, 5.74) is 5.21. The van der Waals surface area contributed by atoms with Crippen molar-refractivity contribution in [1.29, 1.82) is 0 Å². The fourth-order valence-corrected chi connectivity index (χ4v) is 8.66. The van der Waals surface area contributed by atoms with Gasteiger partial charge in [0.05, 0.1) is 44.5 Å². The minimum atomic E-state index is -3.87. The van der Waals surface area contributed by atoms with Crippen LogP contribution >= 0.6 is 0 Å². The van der Waals surface area contributed by atoms with E-state index >= 15 is 0 Å². The Morgan fingerprint density at radius 2 is 1.88 bits per heavy atom. The number of fused-ring (bicyclic) bond motifs is 1. The Labute approximate surface area is 328 Å². The smallest absolute Gasteiger partial charge is 0.331 e. The second-order valence-electron chi connectivity index (χ2n) is 14.8. The second-order valence-corrected chi connectivity index (χ2v) is 16.7. The number of nitrogens with zero attached hydrogens (tertiary/aromatic N) is 4. The molecule has 0 radical (unpaired) electrons. The quantitative estimate of drug-likeness (QED) is 0.146. The van der Waals surface area contributed by atoms with Crippen molar-refractivity contribution in [2.45, 2.75) is 83.8 Å². The number of esters is 1. The molecule has 294 valence electrons. The summed E-state index contributed by atoms with van der Waals surface area (Å²) in [4.78, 5) is 24.8. The fourth-order valence-electron chi connectivity index (χ4n) is 7.04. The van der Waals surface area contributed by atoms with E-state index in [1.54, 1.807) is 61.1 Å². The minimum Gasteiger partial charge on any atom is -0.488 e. The molecule has 2 aliphatic rings. The lowest BCUT2D eigenvalue weighted by Crippen LogP contribution is -2.36. The largest absolute Gasteiger partial charge is 0.488 e. The summed E-state index contributed by atoms with van der Waals surface area (Å²) < 4.78 is 48.5. The van der Waals surface area contributed by atoms with Crippen LogP contribution in [0.5, 0.6) is 5.75 Å². The number of hydrogen-bond acceptors (Lipinski definition) is 9. The van der Waals surface area contributed by atoms with Crippen molar-refractivity contribution in [1.82, 2.24) is 19.3 Å². The molecule has 1 aliphatic heterocycles. The average Bonchev–Trinajstić information content (AvgIpc) is 3.63. The van der Waals surface area contributed by atoms with Crippen LogP contribution in [0.4, 0.5) is 0 Å². The summed E-state index contributed by atoms with van der Waals surface area (Å²) in [6.45, 7) is 8.04. The van der Waals surface area contributed by atoms with Crippen molar-refractivity contribution in [3.8, 4) is 5.75 Å². The lowest BCUT2D eigenvalue weighted by atomic mass is 9.81. The van der Waals surface area contributed by atoms with Crippen molar-refractivity contribution in [3.63, 3.8) is 0 Å². The molecule has 0 saturated carbocycles.